The number of hydrogen-bond acceptors (Lipinski definition) is 5. The predicted molar refractivity (Wildman–Crippen MR) is 68.2 cm³/mol. The molecule has 0 saturated carbocycles. The summed E-state index contributed by atoms with van der Waals surface area (Å²) in [5.74, 6) is 0.161. The van der Waals surface area contributed by atoms with Gasteiger partial charge in [0.2, 0.25) is 5.91 Å². The van der Waals surface area contributed by atoms with Crippen LogP contribution in [0.1, 0.15) is 18.6 Å². The lowest BCUT2D eigenvalue weighted by Crippen LogP contribution is -2.15. The van der Waals surface area contributed by atoms with E-state index in [0.717, 1.165) is 0 Å². The molecule has 0 fully saturated rings. The highest BCUT2D eigenvalue weighted by Crippen LogP contribution is 2.21. The average Bonchev–Trinajstić information content (AvgIpc) is 2.80. The van der Waals surface area contributed by atoms with Crippen LogP contribution in [0.2, 0.25) is 0 Å². The number of carbonyl (C=O) groups is 2. The van der Waals surface area contributed by atoms with E-state index in [9.17, 15) is 9.59 Å². The van der Waals surface area contributed by atoms with Crippen molar-refractivity contribution in [2.24, 2.45) is 5.92 Å². The number of hydrogen-bond donors (Lipinski definition) is 0. The molecule has 0 spiro atoms. The van der Waals surface area contributed by atoms with E-state index in [0.29, 0.717) is 16.8 Å². The van der Waals surface area contributed by atoms with Crippen LogP contribution in [0.4, 0.5) is 4.79 Å². The van der Waals surface area contributed by atoms with Crippen LogP contribution in [0, 0.1) is 5.92 Å². The van der Waals surface area contributed by atoms with Gasteiger partial charge in [0.15, 0.2) is 0 Å². The molecule has 0 unspecified atom stereocenters. The third-order valence-corrected chi connectivity index (χ3v) is 2.62. The van der Waals surface area contributed by atoms with Crippen LogP contribution >= 0.6 is 0 Å². The van der Waals surface area contributed by atoms with Crippen molar-refractivity contribution < 1.29 is 19.1 Å². The maximum absolute atomic E-state index is 11.9. The minimum atomic E-state index is -0.794. The molecule has 0 aliphatic carbocycles. The van der Waals surface area contributed by atoms with Gasteiger partial charge in [-0.05, 0) is 12.1 Å². The second kappa shape index (κ2) is 5.09. The van der Waals surface area contributed by atoms with Crippen molar-refractivity contribution in [3.8, 4) is 5.75 Å². The van der Waals surface area contributed by atoms with Gasteiger partial charge in [0.25, 0.3) is 0 Å². The van der Waals surface area contributed by atoms with Crippen LogP contribution in [-0.4, -0.2) is 28.7 Å². The molecule has 0 amide bonds. The standard InChI is InChI=1S/C13H14N2O4/c1-8(2)12(16)15-7-14-10-6-9(4-5-11(10)15)19-13(17)18-3/h4-8H,1-3H3. The number of nitrogens with zero attached hydrogens (tertiary/aromatic N) is 2. The van der Waals surface area contributed by atoms with Gasteiger partial charge in [-0.15, -0.1) is 0 Å². The van der Waals surface area contributed by atoms with Crippen molar-refractivity contribution in [2.75, 3.05) is 7.11 Å². The summed E-state index contributed by atoms with van der Waals surface area (Å²) < 4.78 is 10.8. The lowest BCUT2D eigenvalue weighted by molar-refractivity contribution is 0.0860. The van der Waals surface area contributed by atoms with E-state index in [1.54, 1.807) is 18.2 Å². The first-order valence-electron chi connectivity index (χ1n) is 5.80. The molecule has 0 aliphatic rings. The van der Waals surface area contributed by atoms with Crippen LogP contribution in [0.3, 0.4) is 0 Å². The third-order valence-electron chi connectivity index (χ3n) is 2.62. The Morgan fingerprint density at radius 3 is 2.68 bits per heavy atom. The van der Waals surface area contributed by atoms with E-state index >= 15 is 0 Å². The second-order valence-electron chi connectivity index (χ2n) is 4.31. The van der Waals surface area contributed by atoms with Gasteiger partial charge < -0.3 is 9.47 Å². The number of benzene rings is 1. The summed E-state index contributed by atoms with van der Waals surface area (Å²) in [5.41, 5.74) is 1.26. The highest BCUT2D eigenvalue weighted by Gasteiger charge is 2.14. The summed E-state index contributed by atoms with van der Waals surface area (Å²) in [6.07, 6.45) is 0.673. The quantitative estimate of drug-likeness (QED) is 0.614. The monoisotopic (exact) mass is 262 g/mol. The number of rotatable bonds is 2. The van der Waals surface area contributed by atoms with Crippen molar-refractivity contribution in [3.05, 3.63) is 24.5 Å². The van der Waals surface area contributed by atoms with Crippen molar-refractivity contribution in [2.45, 2.75) is 13.8 Å². The van der Waals surface area contributed by atoms with Crippen molar-refractivity contribution in [3.63, 3.8) is 0 Å². The van der Waals surface area contributed by atoms with Gasteiger partial charge in [-0.1, -0.05) is 13.8 Å². The normalized spacial score (nSPS) is 10.7. The van der Waals surface area contributed by atoms with E-state index < -0.39 is 6.16 Å². The largest absolute Gasteiger partial charge is 0.513 e. The van der Waals surface area contributed by atoms with Gasteiger partial charge in [0, 0.05) is 12.0 Å². The van der Waals surface area contributed by atoms with Crippen molar-refractivity contribution >= 4 is 23.1 Å². The number of carbonyl (C=O) groups excluding carboxylic acids is 2. The van der Waals surface area contributed by atoms with Crippen molar-refractivity contribution in [1.82, 2.24) is 9.55 Å². The summed E-state index contributed by atoms with van der Waals surface area (Å²) in [7, 11) is 1.23. The zero-order chi connectivity index (χ0) is 14.0. The first kappa shape index (κ1) is 13.1. The van der Waals surface area contributed by atoms with Crippen LogP contribution in [0.5, 0.6) is 5.75 Å². The second-order valence-corrected chi connectivity index (χ2v) is 4.31. The Hall–Kier alpha value is -2.37. The molecule has 1 heterocycles. The minimum Gasteiger partial charge on any atom is -0.437 e. The molecule has 100 valence electrons. The average molecular weight is 262 g/mol. The van der Waals surface area contributed by atoms with Gasteiger partial charge in [-0.3, -0.25) is 9.36 Å². The number of aromatic nitrogens is 2. The number of imidazole rings is 1. The molecule has 1 aromatic heterocycles. The summed E-state index contributed by atoms with van der Waals surface area (Å²) in [5, 5.41) is 0. The van der Waals surface area contributed by atoms with E-state index in [1.165, 1.54) is 18.0 Å². The van der Waals surface area contributed by atoms with E-state index in [-0.39, 0.29) is 11.8 Å². The lowest BCUT2D eigenvalue weighted by atomic mass is 10.2. The van der Waals surface area contributed by atoms with Gasteiger partial charge in [0.1, 0.15) is 12.1 Å². The zero-order valence-corrected chi connectivity index (χ0v) is 10.9. The first-order chi connectivity index (χ1) is 9.02. The van der Waals surface area contributed by atoms with Crippen LogP contribution < -0.4 is 4.74 Å². The molecule has 6 nitrogen and oxygen atoms in total. The summed E-state index contributed by atoms with van der Waals surface area (Å²) in [6, 6.07) is 4.85. The molecule has 0 N–H and O–H groups in total. The van der Waals surface area contributed by atoms with Gasteiger partial charge in [0.05, 0.1) is 18.1 Å². The molecule has 0 saturated heterocycles. The number of fused-ring (bicyclic) bond motifs is 1. The topological polar surface area (TPSA) is 70.4 Å². The van der Waals surface area contributed by atoms with Gasteiger partial charge in [-0.25, -0.2) is 9.78 Å². The Bertz CT molecular complexity index is 631. The SMILES string of the molecule is COC(=O)Oc1ccc2c(c1)ncn2C(=O)C(C)C. The molecule has 1 aromatic carbocycles. The fraction of sp³-hybridized carbons (Fsp3) is 0.308. The fourth-order valence-corrected chi connectivity index (χ4v) is 1.65. The van der Waals surface area contributed by atoms with E-state index in [1.807, 2.05) is 13.8 Å². The predicted octanol–water partition coefficient (Wildman–Crippen LogP) is 2.48. The Kier molecular flexibility index (Phi) is 3.50. The molecular weight excluding hydrogens is 248 g/mol. The molecule has 0 atom stereocenters. The molecule has 19 heavy (non-hydrogen) atoms. The smallest absolute Gasteiger partial charge is 0.437 e. The maximum Gasteiger partial charge on any atom is 0.513 e. The number of methoxy groups -OCH3 is 1. The maximum atomic E-state index is 11.9. The molecular formula is C13H14N2O4. The Labute approximate surface area is 109 Å². The molecule has 0 radical (unpaired) electrons. The van der Waals surface area contributed by atoms with Crippen LogP contribution in [-0.2, 0) is 4.74 Å². The highest BCUT2D eigenvalue weighted by atomic mass is 16.7. The minimum absolute atomic E-state index is 0.0378. The first-order valence-corrected chi connectivity index (χ1v) is 5.80. The Morgan fingerprint density at radius 2 is 2.05 bits per heavy atom. The molecule has 0 bridgehead atoms. The fourth-order valence-electron chi connectivity index (χ4n) is 1.65. The Morgan fingerprint density at radius 1 is 1.32 bits per heavy atom. The molecule has 2 rings (SSSR count). The highest BCUT2D eigenvalue weighted by molar-refractivity contribution is 5.91. The third kappa shape index (κ3) is 2.57. The van der Waals surface area contributed by atoms with Crippen LogP contribution in [0.25, 0.3) is 11.0 Å². The summed E-state index contributed by atoms with van der Waals surface area (Å²) in [4.78, 5) is 27.1. The van der Waals surface area contributed by atoms with E-state index in [2.05, 4.69) is 9.72 Å². The molecule has 0 aliphatic heterocycles. The summed E-state index contributed by atoms with van der Waals surface area (Å²) in [6.45, 7) is 3.64. The summed E-state index contributed by atoms with van der Waals surface area (Å²) >= 11 is 0. The van der Waals surface area contributed by atoms with Crippen LogP contribution in [0.15, 0.2) is 24.5 Å². The van der Waals surface area contributed by atoms with Gasteiger partial charge >= 0.3 is 6.16 Å². The van der Waals surface area contributed by atoms with E-state index in [4.69, 9.17) is 4.74 Å². The Balaban J connectivity index is 2.37. The van der Waals surface area contributed by atoms with Gasteiger partial charge in [-0.2, -0.15) is 0 Å². The zero-order valence-electron chi connectivity index (χ0n) is 10.9. The molecule has 6 heteroatoms. The molecule has 2 aromatic rings. The number of ether oxygens (including phenoxy) is 2. The lowest BCUT2D eigenvalue weighted by Gasteiger charge is -2.06. The van der Waals surface area contributed by atoms with Crippen molar-refractivity contribution in [1.29, 1.82) is 0 Å².